The Bertz CT molecular complexity index is 406. The van der Waals surface area contributed by atoms with Crippen LogP contribution in [0.1, 0.15) is 32.1 Å². The monoisotopic (exact) mass is 301 g/mol. The van der Waals surface area contributed by atoms with E-state index in [0.717, 1.165) is 0 Å². The molecule has 2 atom stereocenters. The summed E-state index contributed by atoms with van der Waals surface area (Å²) in [6.45, 7) is 1.20. The summed E-state index contributed by atoms with van der Waals surface area (Å²) < 4.78 is 27.6. The van der Waals surface area contributed by atoms with E-state index >= 15 is 0 Å². The molecule has 0 spiro atoms. The van der Waals surface area contributed by atoms with Gasteiger partial charge in [0.2, 0.25) is 0 Å². The van der Waals surface area contributed by atoms with Crippen molar-refractivity contribution in [2.75, 3.05) is 26.2 Å². The maximum atomic E-state index is 13.8. The maximum Gasteiger partial charge on any atom is 0.167 e. The fraction of sp³-hybridized carbons (Fsp3) is 0.857. The van der Waals surface area contributed by atoms with Crippen molar-refractivity contribution in [3.05, 3.63) is 0 Å². The second kappa shape index (κ2) is 5.70. The molecule has 3 heterocycles. The lowest BCUT2D eigenvalue weighted by molar-refractivity contribution is -0.151. The number of nitrogens with one attached hydrogen (secondary N) is 1. The Morgan fingerprint density at radius 3 is 1.86 bits per heavy atom. The van der Waals surface area contributed by atoms with E-state index in [1.54, 1.807) is 0 Å². The minimum absolute atomic E-state index is 0.208. The van der Waals surface area contributed by atoms with Gasteiger partial charge in [0.15, 0.2) is 11.6 Å². The van der Waals surface area contributed by atoms with Crippen LogP contribution in [-0.2, 0) is 9.59 Å². The molecule has 7 heteroatoms. The Labute approximate surface area is 122 Å². The number of nitrogens with zero attached hydrogens (tertiary/aromatic N) is 2. The lowest BCUT2D eigenvalue weighted by Crippen LogP contribution is -2.53. The first-order valence-electron chi connectivity index (χ1n) is 7.70. The zero-order valence-corrected chi connectivity index (χ0v) is 12.0. The van der Waals surface area contributed by atoms with Crippen LogP contribution in [0.15, 0.2) is 0 Å². The van der Waals surface area contributed by atoms with Crippen LogP contribution in [0.5, 0.6) is 0 Å². The molecule has 0 bridgehead atoms. The molecule has 0 aliphatic carbocycles. The molecule has 0 unspecified atom stereocenters. The third-order valence-electron chi connectivity index (χ3n) is 5.08. The van der Waals surface area contributed by atoms with Crippen molar-refractivity contribution in [3.8, 4) is 0 Å². The van der Waals surface area contributed by atoms with Crippen LogP contribution in [0, 0.1) is 5.41 Å². The van der Waals surface area contributed by atoms with Crippen LogP contribution in [0.4, 0.5) is 8.96 Å². The number of carbonyl (C=O) groups is 2. The zero-order valence-electron chi connectivity index (χ0n) is 12.0. The van der Waals surface area contributed by atoms with Gasteiger partial charge in [-0.2, -0.15) is 0 Å². The molecule has 3 aliphatic heterocycles. The highest BCUT2D eigenvalue weighted by atomic mass is 19.2. The van der Waals surface area contributed by atoms with Gasteiger partial charge in [0.25, 0.3) is 0 Å². The summed E-state index contributed by atoms with van der Waals surface area (Å²) in [5.74, 6) is -0.726. The van der Waals surface area contributed by atoms with Crippen LogP contribution in [-0.4, -0.2) is 60.1 Å². The molecule has 0 radical (unpaired) electrons. The first kappa shape index (κ1) is 15.0. The van der Waals surface area contributed by atoms with Gasteiger partial charge in [0.1, 0.15) is 5.41 Å². The van der Waals surface area contributed by atoms with Crippen molar-refractivity contribution >= 4 is 11.6 Å². The third kappa shape index (κ3) is 2.41. The first-order chi connectivity index (χ1) is 10.1. The molecule has 0 saturated carbocycles. The largest absolute Gasteiger partial charge is 0.315 e. The van der Waals surface area contributed by atoms with Gasteiger partial charge in [-0.25, -0.2) is 0 Å². The molecule has 3 rings (SSSR count). The summed E-state index contributed by atoms with van der Waals surface area (Å²) in [6.07, 6.45) is 2.45. The van der Waals surface area contributed by atoms with Gasteiger partial charge in [-0.1, -0.05) is 0 Å². The number of hydrogen-bond donors (Lipinski definition) is 1. The lowest BCUT2D eigenvalue weighted by atomic mass is 9.73. The molecular weight excluding hydrogens is 280 g/mol. The standard InChI is InChI=1S/C14H21F2N3O2/c15-18-7-1-3-10(18)12(20)14(5-6-17-9-14)13(21)11-4-2-8-19(11)16/h10-11,17H,1-9H2/t10-,11-/m0/s1. The molecule has 3 fully saturated rings. The molecule has 3 saturated heterocycles. The van der Waals surface area contributed by atoms with E-state index in [1.165, 1.54) is 0 Å². The van der Waals surface area contributed by atoms with Gasteiger partial charge in [-0.3, -0.25) is 9.59 Å². The molecule has 0 aromatic heterocycles. The quantitative estimate of drug-likeness (QED) is 0.615. The molecule has 3 aliphatic rings. The van der Waals surface area contributed by atoms with Gasteiger partial charge in [0, 0.05) is 19.6 Å². The number of halogens is 2. The average Bonchev–Trinajstić information content (AvgIpc) is 3.18. The van der Waals surface area contributed by atoms with Crippen molar-refractivity contribution in [1.82, 2.24) is 15.6 Å². The zero-order chi connectivity index (χ0) is 15.0. The minimum Gasteiger partial charge on any atom is -0.315 e. The smallest absolute Gasteiger partial charge is 0.167 e. The van der Waals surface area contributed by atoms with Crippen molar-refractivity contribution in [1.29, 1.82) is 0 Å². The van der Waals surface area contributed by atoms with Gasteiger partial charge >= 0.3 is 0 Å². The van der Waals surface area contributed by atoms with E-state index < -0.39 is 17.5 Å². The molecular formula is C14H21F2N3O2. The van der Waals surface area contributed by atoms with Crippen molar-refractivity contribution in [2.24, 2.45) is 5.41 Å². The molecule has 1 N–H and O–H groups in total. The molecule has 0 amide bonds. The summed E-state index contributed by atoms with van der Waals surface area (Å²) in [6, 6.07) is -1.69. The number of Topliss-reactive ketones (excluding diaryl/α,β-unsaturated/α-hetero) is 2. The van der Waals surface area contributed by atoms with Crippen LogP contribution in [0.2, 0.25) is 0 Å². The number of hydrogen-bond acceptors (Lipinski definition) is 5. The highest BCUT2D eigenvalue weighted by molar-refractivity contribution is 6.11. The first-order valence-corrected chi connectivity index (χ1v) is 7.70. The van der Waals surface area contributed by atoms with Crippen molar-refractivity contribution in [3.63, 3.8) is 0 Å². The van der Waals surface area contributed by atoms with Crippen LogP contribution >= 0.6 is 0 Å². The summed E-state index contributed by atoms with van der Waals surface area (Å²) in [5.41, 5.74) is -1.25. The molecule has 21 heavy (non-hydrogen) atoms. The summed E-state index contributed by atoms with van der Waals surface area (Å²) >= 11 is 0. The number of rotatable bonds is 4. The fourth-order valence-corrected chi connectivity index (χ4v) is 3.85. The summed E-state index contributed by atoms with van der Waals surface area (Å²) in [7, 11) is 0. The Hall–Kier alpha value is -0.920. The van der Waals surface area contributed by atoms with Crippen LogP contribution in [0.3, 0.4) is 0 Å². The van der Waals surface area contributed by atoms with Gasteiger partial charge < -0.3 is 5.32 Å². The Morgan fingerprint density at radius 1 is 1.00 bits per heavy atom. The number of ketones is 2. The predicted molar refractivity (Wildman–Crippen MR) is 71.6 cm³/mol. The topological polar surface area (TPSA) is 52.7 Å². The average molecular weight is 301 g/mol. The highest BCUT2D eigenvalue weighted by Crippen LogP contribution is 2.37. The molecule has 5 nitrogen and oxygen atoms in total. The van der Waals surface area contributed by atoms with Crippen LogP contribution < -0.4 is 5.32 Å². The second-order valence-corrected chi connectivity index (χ2v) is 6.30. The highest BCUT2D eigenvalue weighted by Gasteiger charge is 2.55. The molecule has 118 valence electrons. The summed E-state index contributed by atoms with van der Waals surface area (Å²) in [4.78, 5) is 25.6. The van der Waals surface area contributed by atoms with Gasteiger partial charge in [-0.05, 0) is 38.6 Å². The fourth-order valence-electron chi connectivity index (χ4n) is 3.85. The van der Waals surface area contributed by atoms with Gasteiger partial charge in [-0.15, -0.1) is 19.2 Å². The number of carbonyl (C=O) groups excluding carboxylic acids is 2. The molecule has 0 aromatic rings. The summed E-state index contributed by atoms with van der Waals surface area (Å²) in [5, 5.41) is 4.11. The Balaban J connectivity index is 1.85. The van der Waals surface area contributed by atoms with E-state index in [1.807, 2.05) is 0 Å². The normalized spacial score (nSPS) is 33.6. The lowest BCUT2D eigenvalue weighted by Gasteiger charge is -2.32. The predicted octanol–water partition coefficient (Wildman–Crippen LogP) is 0.802. The maximum absolute atomic E-state index is 13.8. The Morgan fingerprint density at radius 2 is 1.52 bits per heavy atom. The van der Waals surface area contributed by atoms with E-state index in [9.17, 15) is 18.6 Å². The van der Waals surface area contributed by atoms with Crippen molar-refractivity contribution < 1.29 is 18.6 Å². The molecule has 0 aromatic carbocycles. The second-order valence-electron chi connectivity index (χ2n) is 6.30. The van der Waals surface area contributed by atoms with E-state index in [4.69, 9.17) is 0 Å². The van der Waals surface area contributed by atoms with Crippen molar-refractivity contribution in [2.45, 2.75) is 44.2 Å². The van der Waals surface area contributed by atoms with E-state index in [0.29, 0.717) is 48.9 Å². The van der Waals surface area contributed by atoms with E-state index in [-0.39, 0.29) is 31.2 Å². The third-order valence-corrected chi connectivity index (χ3v) is 5.08. The van der Waals surface area contributed by atoms with Crippen LogP contribution in [0.25, 0.3) is 0 Å². The van der Waals surface area contributed by atoms with Gasteiger partial charge in [0.05, 0.1) is 12.1 Å². The Kier molecular flexibility index (Phi) is 4.07. The van der Waals surface area contributed by atoms with E-state index in [2.05, 4.69) is 5.32 Å². The SMILES string of the molecule is O=C([C@@H]1CCCN1F)C1(C(=O)[C@@H]2CCCN2F)CCNC1. The minimum atomic E-state index is -1.25.